The Balaban J connectivity index is 2.31. The standard InChI is InChI=1S/C44H74N4O7/c1-14-30(6)40(46(11)43(53)34(29(4)5)27-38(50)44(8,9)45-10)37(54-12)28-39(51)48-24-20-23-35(48)41(55-13)31(7)36(49)26-33(42(52)47(15-2)16-3)25-32-21-18-17-19-22-32/h17-19,21-22,29-31,33-35,37,40-41,45H,14-16,20,23-28H2,1-13H3. The number of ketones is 2. The monoisotopic (exact) mass is 771 g/mol. The van der Waals surface area contributed by atoms with E-state index in [4.69, 9.17) is 9.47 Å². The molecule has 11 heteroatoms. The third kappa shape index (κ3) is 12.7. The average molecular weight is 771 g/mol. The highest BCUT2D eigenvalue weighted by molar-refractivity contribution is 5.92. The first kappa shape index (κ1) is 48.0. The van der Waals surface area contributed by atoms with Crippen LogP contribution < -0.4 is 5.32 Å². The predicted molar refractivity (Wildman–Crippen MR) is 218 cm³/mol. The molecule has 1 aliphatic heterocycles. The molecule has 312 valence electrons. The Morgan fingerprint density at radius 3 is 2.04 bits per heavy atom. The number of carbonyl (C=O) groups is 5. The van der Waals surface area contributed by atoms with E-state index in [1.54, 1.807) is 38.1 Å². The van der Waals surface area contributed by atoms with Crippen molar-refractivity contribution >= 4 is 29.3 Å². The minimum atomic E-state index is -0.759. The van der Waals surface area contributed by atoms with Gasteiger partial charge in [-0.15, -0.1) is 0 Å². The van der Waals surface area contributed by atoms with Gasteiger partial charge in [-0.05, 0) is 71.4 Å². The topological polar surface area (TPSA) is 126 Å². The molecule has 0 aromatic heterocycles. The van der Waals surface area contributed by atoms with Crippen molar-refractivity contribution in [1.82, 2.24) is 20.0 Å². The number of nitrogens with one attached hydrogen (secondary N) is 1. The molecule has 0 spiro atoms. The Labute approximate surface area is 332 Å². The van der Waals surface area contributed by atoms with E-state index in [0.29, 0.717) is 32.5 Å². The SMILES string of the molecule is CCC(C)C(C(CC(=O)N1CCCC1C(OC)C(C)C(=O)CC(Cc1ccccc1)C(=O)N(CC)CC)OC)N(C)C(=O)C(CC(=O)C(C)(C)NC)C(C)C. The Kier molecular flexibility index (Phi) is 19.7. The van der Waals surface area contributed by atoms with Crippen LogP contribution in [-0.4, -0.2) is 122 Å². The Hall–Kier alpha value is -3.15. The van der Waals surface area contributed by atoms with Crippen LogP contribution in [-0.2, 0) is 39.9 Å². The fourth-order valence-electron chi connectivity index (χ4n) is 8.17. The summed E-state index contributed by atoms with van der Waals surface area (Å²) in [6.07, 6.45) is 1.78. The molecule has 1 heterocycles. The molecule has 3 amide bonds. The number of hydrogen-bond donors (Lipinski definition) is 1. The van der Waals surface area contributed by atoms with Gasteiger partial charge < -0.3 is 29.5 Å². The summed E-state index contributed by atoms with van der Waals surface area (Å²) in [5, 5.41) is 3.06. The third-order valence-electron chi connectivity index (χ3n) is 12.4. The van der Waals surface area contributed by atoms with Crippen LogP contribution in [0.5, 0.6) is 0 Å². The molecule has 1 aromatic carbocycles. The number of benzene rings is 1. The van der Waals surface area contributed by atoms with E-state index >= 15 is 0 Å². The van der Waals surface area contributed by atoms with Crippen LogP contribution in [0.2, 0.25) is 0 Å². The maximum Gasteiger partial charge on any atom is 0.226 e. The number of nitrogens with zero attached hydrogens (tertiary/aromatic N) is 3. The second kappa shape index (κ2) is 22.6. The first-order valence-corrected chi connectivity index (χ1v) is 20.6. The molecule has 0 bridgehead atoms. The molecule has 55 heavy (non-hydrogen) atoms. The van der Waals surface area contributed by atoms with E-state index in [1.807, 2.05) is 83.7 Å². The lowest BCUT2D eigenvalue weighted by Crippen LogP contribution is -2.54. The molecule has 1 aliphatic rings. The second-order valence-electron chi connectivity index (χ2n) is 16.5. The highest BCUT2D eigenvalue weighted by Crippen LogP contribution is 2.32. The molecular weight excluding hydrogens is 697 g/mol. The fraction of sp³-hybridized carbons (Fsp3) is 0.750. The first-order chi connectivity index (χ1) is 25.9. The van der Waals surface area contributed by atoms with Gasteiger partial charge in [0, 0.05) is 71.5 Å². The predicted octanol–water partition coefficient (Wildman–Crippen LogP) is 5.82. The van der Waals surface area contributed by atoms with Crippen molar-refractivity contribution < 1.29 is 33.4 Å². The minimum Gasteiger partial charge on any atom is -0.379 e. The molecule has 1 saturated heterocycles. The summed E-state index contributed by atoms with van der Waals surface area (Å²) >= 11 is 0. The maximum atomic E-state index is 14.3. The molecule has 8 atom stereocenters. The number of likely N-dealkylation sites (N-methyl/N-ethyl adjacent to an activating group) is 2. The number of amides is 3. The largest absolute Gasteiger partial charge is 0.379 e. The van der Waals surface area contributed by atoms with Gasteiger partial charge in [0.2, 0.25) is 17.7 Å². The first-order valence-electron chi connectivity index (χ1n) is 20.6. The normalized spacial score (nSPS) is 18.6. The van der Waals surface area contributed by atoms with Crippen LogP contribution in [0.4, 0.5) is 0 Å². The van der Waals surface area contributed by atoms with Crippen molar-refractivity contribution in [1.29, 1.82) is 0 Å². The zero-order chi connectivity index (χ0) is 41.6. The summed E-state index contributed by atoms with van der Waals surface area (Å²) in [6.45, 7) is 19.1. The van der Waals surface area contributed by atoms with Crippen LogP contribution in [0, 0.1) is 29.6 Å². The molecule has 1 aromatic rings. The van der Waals surface area contributed by atoms with E-state index in [-0.39, 0.29) is 66.4 Å². The average Bonchev–Trinajstić information content (AvgIpc) is 3.66. The van der Waals surface area contributed by atoms with E-state index in [0.717, 1.165) is 18.4 Å². The lowest BCUT2D eigenvalue weighted by atomic mass is 9.83. The summed E-state index contributed by atoms with van der Waals surface area (Å²) in [6, 6.07) is 9.05. The Morgan fingerprint density at radius 2 is 1.53 bits per heavy atom. The highest BCUT2D eigenvalue weighted by Gasteiger charge is 2.43. The van der Waals surface area contributed by atoms with Gasteiger partial charge in [-0.1, -0.05) is 71.4 Å². The van der Waals surface area contributed by atoms with Gasteiger partial charge in [-0.3, -0.25) is 24.0 Å². The van der Waals surface area contributed by atoms with Crippen molar-refractivity contribution in [3.8, 4) is 0 Å². The fourth-order valence-corrected chi connectivity index (χ4v) is 8.17. The van der Waals surface area contributed by atoms with E-state index < -0.39 is 41.5 Å². The van der Waals surface area contributed by atoms with Crippen LogP contribution in [0.25, 0.3) is 0 Å². The lowest BCUT2D eigenvalue weighted by Gasteiger charge is -2.41. The van der Waals surface area contributed by atoms with Crippen molar-refractivity contribution in [3.63, 3.8) is 0 Å². The van der Waals surface area contributed by atoms with Crippen molar-refractivity contribution in [2.24, 2.45) is 29.6 Å². The number of Topliss-reactive ketones (excluding diaryl/α,β-unsaturated/α-hetero) is 2. The maximum absolute atomic E-state index is 14.3. The Bertz CT molecular complexity index is 1380. The molecule has 0 saturated carbocycles. The van der Waals surface area contributed by atoms with Crippen molar-refractivity contribution in [2.45, 2.75) is 137 Å². The molecule has 8 unspecified atom stereocenters. The van der Waals surface area contributed by atoms with Crippen LogP contribution in [0.3, 0.4) is 0 Å². The quantitative estimate of drug-likeness (QED) is 0.140. The zero-order valence-electron chi connectivity index (χ0n) is 36.4. The summed E-state index contributed by atoms with van der Waals surface area (Å²) in [5.41, 5.74) is 0.246. The van der Waals surface area contributed by atoms with E-state index in [2.05, 4.69) is 19.2 Å². The molecule has 0 aliphatic carbocycles. The van der Waals surface area contributed by atoms with Crippen LogP contribution in [0.1, 0.15) is 106 Å². The van der Waals surface area contributed by atoms with Gasteiger partial charge >= 0.3 is 0 Å². The molecule has 1 N–H and O–H groups in total. The van der Waals surface area contributed by atoms with Gasteiger partial charge in [0.25, 0.3) is 0 Å². The van der Waals surface area contributed by atoms with Gasteiger partial charge in [-0.2, -0.15) is 0 Å². The summed E-state index contributed by atoms with van der Waals surface area (Å²) in [5.74, 6) is -2.01. The second-order valence-corrected chi connectivity index (χ2v) is 16.5. The minimum absolute atomic E-state index is 0.00517. The summed E-state index contributed by atoms with van der Waals surface area (Å²) in [7, 11) is 6.67. The molecule has 1 fully saturated rings. The zero-order valence-corrected chi connectivity index (χ0v) is 36.4. The molecular formula is C44H74N4O7. The smallest absolute Gasteiger partial charge is 0.226 e. The van der Waals surface area contributed by atoms with Gasteiger partial charge in [0.1, 0.15) is 5.78 Å². The highest BCUT2D eigenvalue weighted by atomic mass is 16.5. The van der Waals surface area contributed by atoms with Crippen LogP contribution >= 0.6 is 0 Å². The number of ether oxygens (including phenoxy) is 2. The number of carbonyl (C=O) groups excluding carboxylic acids is 5. The number of likely N-dealkylation sites (tertiary alicyclic amines) is 1. The van der Waals surface area contributed by atoms with Gasteiger partial charge in [-0.25, -0.2) is 0 Å². The number of rotatable bonds is 24. The molecule has 2 rings (SSSR count). The van der Waals surface area contributed by atoms with Gasteiger partial charge in [0.15, 0.2) is 5.78 Å². The number of methoxy groups -OCH3 is 2. The summed E-state index contributed by atoms with van der Waals surface area (Å²) < 4.78 is 12.1. The third-order valence-corrected chi connectivity index (χ3v) is 12.4. The van der Waals surface area contributed by atoms with Crippen molar-refractivity contribution in [3.05, 3.63) is 35.9 Å². The summed E-state index contributed by atoms with van der Waals surface area (Å²) in [4.78, 5) is 74.8. The van der Waals surface area contributed by atoms with Crippen molar-refractivity contribution in [2.75, 3.05) is 47.9 Å². The van der Waals surface area contributed by atoms with Gasteiger partial charge in [0.05, 0.1) is 36.3 Å². The molecule has 0 radical (unpaired) electrons. The van der Waals surface area contributed by atoms with E-state index in [1.165, 1.54) is 0 Å². The Morgan fingerprint density at radius 1 is 0.909 bits per heavy atom. The van der Waals surface area contributed by atoms with E-state index in [9.17, 15) is 24.0 Å². The number of hydrogen-bond acceptors (Lipinski definition) is 8. The van der Waals surface area contributed by atoms with Crippen LogP contribution in [0.15, 0.2) is 30.3 Å². The lowest BCUT2D eigenvalue weighted by molar-refractivity contribution is -0.149. The molecule has 11 nitrogen and oxygen atoms in total.